The van der Waals surface area contributed by atoms with Crippen molar-refractivity contribution in [3.05, 3.63) is 0 Å². The van der Waals surface area contributed by atoms with Gasteiger partial charge in [0.1, 0.15) is 0 Å². The van der Waals surface area contributed by atoms with Gasteiger partial charge in [0.25, 0.3) is 0 Å². The van der Waals surface area contributed by atoms with Crippen LogP contribution in [0.25, 0.3) is 0 Å². The van der Waals surface area contributed by atoms with E-state index in [-0.39, 0.29) is 0 Å². The van der Waals surface area contributed by atoms with Crippen molar-refractivity contribution in [1.82, 2.24) is 10.2 Å². The zero-order valence-electron chi connectivity index (χ0n) is 9.51. The number of nitrogens with zero attached hydrogens (tertiary/aromatic N) is 1. The van der Waals surface area contributed by atoms with Gasteiger partial charge in [-0.15, -0.1) is 0 Å². The fourth-order valence-corrected chi connectivity index (χ4v) is 1.92. The number of hydrogen-bond acceptors (Lipinski definition) is 2. The monoisotopic (exact) mass is 184 g/mol. The van der Waals surface area contributed by atoms with Gasteiger partial charge in [-0.25, -0.2) is 0 Å². The maximum atomic E-state index is 3.55. The molecule has 1 rings (SSSR count). The molecule has 2 unspecified atom stereocenters. The van der Waals surface area contributed by atoms with Crippen LogP contribution in [0.5, 0.6) is 0 Å². The molecule has 78 valence electrons. The first kappa shape index (κ1) is 11.0. The summed E-state index contributed by atoms with van der Waals surface area (Å²) in [6, 6.07) is 1.45. The van der Waals surface area contributed by atoms with E-state index in [1.807, 2.05) is 0 Å². The fourth-order valence-electron chi connectivity index (χ4n) is 1.92. The molecule has 0 aromatic heterocycles. The third-order valence-electron chi connectivity index (χ3n) is 3.32. The lowest BCUT2D eigenvalue weighted by atomic mass is 10.0. The molecule has 0 aromatic rings. The molecule has 1 aliphatic rings. The fraction of sp³-hybridized carbons (Fsp3) is 1.00. The first-order valence-corrected chi connectivity index (χ1v) is 5.62. The lowest BCUT2D eigenvalue weighted by Gasteiger charge is -2.38. The topological polar surface area (TPSA) is 15.3 Å². The third-order valence-corrected chi connectivity index (χ3v) is 3.32. The van der Waals surface area contributed by atoms with Gasteiger partial charge in [0.15, 0.2) is 0 Å². The molecule has 1 heterocycles. The van der Waals surface area contributed by atoms with Crippen LogP contribution in [0.1, 0.15) is 34.1 Å². The maximum absolute atomic E-state index is 3.55. The number of nitrogens with one attached hydrogen (secondary N) is 1. The minimum Gasteiger partial charge on any atom is -0.311 e. The lowest BCUT2D eigenvalue weighted by molar-refractivity contribution is 0.122. The minimum absolute atomic E-state index is 0.718. The average Bonchev–Trinajstić information content (AvgIpc) is 2.16. The molecule has 1 saturated heterocycles. The van der Waals surface area contributed by atoms with Crippen LogP contribution in [-0.2, 0) is 0 Å². The highest BCUT2D eigenvalue weighted by atomic mass is 15.2. The molecule has 2 nitrogen and oxygen atoms in total. The van der Waals surface area contributed by atoms with Gasteiger partial charge < -0.3 is 5.32 Å². The highest BCUT2D eigenvalue weighted by Gasteiger charge is 2.23. The van der Waals surface area contributed by atoms with Crippen LogP contribution >= 0.6 is 0 Å². The number of piperazine rings is 1. The highest BCUT2D eigenvalue weighted by Crippen LogP contribution is 2.13. The predicted octanol–water partition coefficient (Wildman–Crippen LogP) is 1.71. The molecule has 0 aliphatic carbocycles. The SMILES string of the molecule is CCC1CN(C(C)C(C)C)CCN1. The normalized spacial score (nSPS) is 27.9. The largest absolute Gasteiger partial charge is 0.311 e. The molecule has 1 aliphatic heterocycles. The van der Waals surface area contributed by atoms with Crippen molar-refractivity contribution in [3.8, 4) is 0 Å². The molecule has 13 heavy (non-hydrogen) atoms. The predicted molar refractivity (Wildman–Crippen MR) is 58.0 cm³/mol. The van der Waals surface area contributed by atoms with Crippen molar-refractivity contribution in [2.45, 2.75) is 46.2 Å². The quantitative estimate of drug-likeness (QED) is 0.718. The molecule has 1 fully saturated rings. The second kappa shape index (κ2) is 4.97. The molecule has 2 heteroatoms. The minimum atomic E-state index is 0.718. The first-order chi connectivity index (χ1) is 6.15. The zero-order chi connectivity index (χ0) is 9.84. The van der Waals surface area contributed by atoms with Crippen LogP contribution < -0.4 is 5.32 Å². The van der Waals surface area contributed by atoms with Crippen molar-refractivity contribution >= 4 is 0 Å². The Morgan fingerprint density at radius 2 is 2.08 bits per heavy atom. The van der Waals surface area contributed by atoms with E-state index in [4.69, 9.17) is 0 Å². The van der Waals surface area contributed by atoms with Gasteiger partial charge in [0.2, 0.25) is 0 Å². The van der Waals surface area contributed by atoms with Crippen LogP contribution in [0.2, 0.25) is 0 Å². The van der Waals surface area contributed by atoms with Crippen LogP contribution in [-0.4, -0.2) is 36.6 Å². The molecule has 0 aromatic carbocycles. The lowest BCUT2D eigenvalue weighted by Crippen LogP contribution is -2.54. The molecule has 0 bridgehead atoms. The van der Waals surface area contributed by atoms with Crippen molar-refractivity contribution in [2.75, 3.05) is 19.6 Å². The van der Waals surface area contributed by atoms with Gasteiger partial charge in [0.05, 0.1) is 0 Å². The van der Waals surface area contributed by atoms with Gasteiger partial charge in [-0.05, 0) is 19.3 Å². The summed E-state index contributed by atoms with van der Waals surface area (Å²) in [6.07, 6.45) is 1.25. The molecule has 0 amide bonds. The van der Waals surface area contributed by atoms with Gasteiger partial charge >= 0.3 is 0 Å². The number of hydrogen-bond donors (Lipinski definition) is 1. The molecule has 0 spiro atoms. The summed E-state index contributed by atoms with van der Waals surface area (Å²) in [4.78, 5) is 2.62. The second-order valence-electron chi connectivity index (χ2n) is 4.54. The van der Waals surface area contributed by atoms with Gasteiger partial charge in [-0.2, -0.15) is 0 Å². The van der Waals surface area contributed by atoms with E-state index in [0.717, 1.165) is 24.5 Å². The molecular formula is C11H24N2. The Hall–Kier alpha value is -0.0800. The van der Waals surface area contributed by atoms with Gasteiger partial charge in [-0.1, -0.05) is 20.8 Å². The van der Waals surface area contributed by atoms with Crippen molar-refractivity contribution in [2.24, 2.45) is 5.92 Å². The Balaban J connectivity index is 2.41. The molecular weight excluding hydrogens is 160 g/mol. The number of rotatable bonds is 3. The summed E-state index contributed by atoms with van der Waals surface area (Å²) >= 11 is 0. The van der Waals surface area contributed by atoms with Crippen molar-refractivity contribution in [3.63, 3.8) is 0 Å². The Morgan fingerprint density at radius 3 is 2.62 bits per heavy atom. The highest BCUT2D eigenvalue weighted by molar-refractivity contribution is 4.81. The molecule has 1 N–H and O–H groups in total. The van der Waals surface area contributed by atoms with Crippen LogP contribution in [0, 0.1) is 5.92 Å². The average molecular weight is 184 g/mol. The molecule has 2 atom stereocenters. The molecule has 0 saturated carbocycles. The van der Waals surface area contributed by atoms with Crippen molar-refractivity contribution < 1.29 is 0 Å². The Bertz CT molecular complexity index is 145. The summed E-state index contributed by atoms with van der Waals surface area (Å²) in [7, 11) is 0. The summed E-state index contributed by atoms with van der Waals surface area (Å²) in [5.41, 5.74) is 0. The van der Waals surface area contributed by atoms with E-state index in [2.05, 4.69) is 37.9 Å². The smallest absolute Gasteiger partial charge is 0.0193 e. The van der Waals surface area contributed by atoms with E-state index in [0.29, 0.717) is 0 Å². The Kier molecular flexibility index (Phi) is 4.20. The summed E-state index contributed by atoms with van der Waals surface area (Å²) in [6.45, 7) is 12.9. The van der Waals surface area contributed by atoms with Gasteiger partial charge in [0, 0.05) is 31.7 Å². The summed E-state index contributed by atoms with van der Waals surface area (Å²) in [5, 5.41) is 3.55. The standard InChI is InChI=1S/C11H24N2/c1-5-11-8-13(7-6-12-11)10(4)9(2)3/h9-12H,5-8H2,1-4H3. The van der Waals surface area contributed by atoms with Crippen LogP contribution in [0.3, 0.4) is 0 Å². The van der Waals surface area contributed by atoms with E-state index < -0.39 is 0 Å². The Labute approximate surface area is 82.7 Å². The first-order valence-electron chi connectivity index (χ1n) is 5.62. The Morgan fingerprint density at radius 1 is 1.38 bits per heavy atom. The summed E-state index contributed by atoms with van der Waals surface area (Å²) < 4.78 is 0. The zero-order valence-corrected chi connectivity index (χ0v) is 9.51. The molecule has 0 radical (unpaired) electrons. The van der Waals surface area contributed by atoms with Crippen LogP contribution in [0.4, 0.5) is 0 Å². The van der Waals surface area contributed by atoms with Crippen LogP contribution in [0.15, 0.2) is 0 Å². The maximum Gasteiger partial charge on any atom is 0.0193 e. The third kappa shape index (κ3) is 2.96. The van der Waals surface area contributed by atoms with E-state index >= 15 is 0 Å². The van der Waals surface area contributed by atoms with E-state index in [9.17, 15) is 0 Å². The summed E-state index contributed by atoms with van der Waals surface area (Å²) in [5.74, 6) is 0.774. The van der Waals surface area contributed by atoms with Gasteiger partial charge in [-0.3, -0.25) is 4.90 Å². The van der Waals surface area contributed by atoms with E-state index in [1.165, 1.54) is 19.5 Å². The second-order valence-corrected chi connectivity index (χ2v) is 4.54. The van der Waals surface area contributed by atoms with E-state index in [1.54, 1.807) is 0 Å². The van der Waals surface area contributed by atoms with Crippen molar-refractivity contribution in [1.29, 1.82) is 0 Å².